The first-order valence-electron chi connectivity index (χ1n) is 8.99. The number of pyridine rings is 1. The molecule has 3 aromatic rings. The highest BCUT2D eigenvalue weighted by Crippen LogP contribution is 2.20. The molecule has 0 saturated carbocycles. The second-order valence-electron chi connectivity index (χ2n) is 6.62. The van der Waals surface area contributed by atoms with Gasteiger partial charge in [-0.05, 0) is 36.2 Å². The van der Waals surface area contributed by atoms with E-state index in [1.807, 2.05) is 13.0 Å². The van der Waals surface area contributed by atoms with E-state index in [2.05, 4.69) is 16.4 Å². The molecule has 0 fully saturated rings. The third-order valence-corrected chi connectivity index (χ3v) is 4.74. The highest BCUT2D eigenvalue weighted by Gasteiger charge is 2.17. The molecular formula is C23H18ClN3O2. The SMILES string of the molecule is C[C@H](NC(=O)c1cc(Cl)cnc1Cc1cccc(C#N)c1)c1ccc(C=O)cc1. The van der Waals surface area contributed by atoms with Gasteiger partial charge in [-0.25, -0.2) is 0 Å². The number of rotatable bonds is 6. The summed E-state index contributed by atoms with van der Waals surface area (Å²) in [5.74, 6) is -0.293. The molecule has 0 unspecified atom stereocenters. The van der Waals surface area contributed by atoms with Gasteiger partial charge in [0.15, 0.2) is 0 Å². The highest BCUT2D eigenvalue weighted by atomic mass is 35.5. The maximum Gasteiger partial charge on any atom is 0.253 e. The highest BCUT2D eigenvalue weighted by molar-refractivity contribution is 6.30. The molecule has 2 aromatic carbocycles. The number of halogens is 1. The second kappa shape index (κ2) is 9.13. The van der Waals surface area contributed by atoms with Crippen molar-refractivity contribution in [3.63, 3.8) is 0 Å². The largest absolute Gasteiger partial charge is 0.345 e. The van der Waals surface area contributed by atoms with Crippen LogP contribution in [-0.2, 0) is 6.42 Å². The van der Waals surface area contributed by atoms with Gasteiger partial charge >= 0.3 is 0 Å². The van der Waals surface area contributed by atoms with Crippen molar-refractivity contribution in [2.75, 3.05) is 0 Å². The molecule has 0 radical (unpaired) electrons. The monoisotopic (exact) mass is 403 g/mol. The van der Waals surface area contributed by atoms with Gasteiger partial charge in [-0.2, -0.15) is 5.26 Å². The summed E-state index contributed by atoms with van der Waals surface area (Å²) in [4.78, 5) is 28.1. The average Bonchev–Trinajstić information content (AvgIpc) is 2.75. The predicted octanol–water partition coefficient (Wildman–Crippen LogP) is 4.50. The van der Waals surface area contributed by atoms with E-state index in [0.29, 0.717) is 33.8 Å². The third kappa shape index (κ3) is 5.07. The molecule has 0 aliphatic carbocycles. The third-order valence-electron chi connectivity index (χ3n) is 4.53. The average molecular weight is 404 g/mol. The molecule has 1 amide bonds. The topological polar surface area (TPSA) is 82.8 Å². The van der Waals surface area contributed by atoms with Crippen molar-refractivity contribution in [3.05, 3.63) is 99.3 Å². The summed E-state index contributed by atoms with van der Waals surface area (Å²) in [6, 6.07) is 17.6. The first-order valence-corrected chi connectivity index (χ1v) is 9.37. The van der Waals surface area contributed by atoms with Gasteiger partial charge in [-0.15, -0.1) is 0 Å². The van der Waals surface area contributed by atoms with Gasteiger partial charge in [0.25, 0.3) is 5.91 Å². The van der Waals surface area contributed by atoms with E-state index < -0.39 is 0 Å². The standard InChI is InChI=1S/C23H18ClN3O2/c1-15(19-7-5-16(14-28)6-8-19)27-23(29)21-11-20(24)13-26-22(21)10-17-3-2-4-18(9-17)12-25/h2-9,11,13-15H,10H2,1H3,(H,27,29)/t15-/m0/s1. The molecule has 5 nitrogen and oxygen atoms in total. The molecule has 0 aliphatic rings. The Kier molecular flexibility index (Phi) is 6.38. The number of benzene rings is 2. The number of hydrogen-bond acceptors (Lipinski definition) is 4. The van der Waals surface area contributed by atoms with Crippen LogP contribution >= 0.6 is 11.6 Å². The minimum atomic E-state index is -0.293. The minimum absolute atomic E-state index is 0.267. The van der Waals surface area contributed by atoms with E-state index in [9.17, 15) is 9.59 Å². The van der Waals surface area contributed by atoms with E-state index in [4.69, 9.17) is 16.9 Å². The van der Waals surface area contributed by atoms with Crippen molar-refractivity contribution in [2.45, 2.75) is 19.4 Å². The second-order valence-corrected chi connectivity index (χ2v) is 7.05. The van der Waals surface area contributed by atoms with E-state index in [1.54, 1.807) is 48.5 Å². The summed E-state index contributed by atoms with van der Waals surface area (Å²) >= 11 is 6.08. The Labute approximate surface area is 174 Å². The molecule has 1 aromatic heterocycles. The fraction of sp³-hybridized carbons (Fsp3) is 0.130. The van der Waals surface area contributed by atoms with E-state index in [0.717, 1.165) is 17.4 Å². The van der Waals surface area contributed by atoms with Gasteiger partial charge in [0.2, 0.25) is 0 Å². The van der Waals surface area contributed by atoms with E-state index in [-0.39, 0.29) is 11.9 Å². The van der Waals surface area contributed by atoms with Gasteiger partial charge in [-0.3, -0.25) is 14.6 Å². The minimum Gasteiger partial charge on any atom is -0.345 e. The predicted molar refractivity (Wildman–Crippen MR) is 111 cm³/mol. The van der Waals surface area contributed by atoms with Crippen molar-refractivity contribution >= 4 is 23.8 Å². The Balaban J connectivity index is 1.83. The van der Waals surface area contributed by atoms with Crippen LogP contribution in [0.2, 0.25) is 5.02 Å². The normalized spacial score (nSPS) is 11.3. The van der Waals surface area contributed by atoms with Crippen molar-refractivity contribution in [2.24, 2.45) is 0 Å². The van der Waals surface area contributed by atoms with Gasteiger partial charge < -0.3 is 5.32 Å². The van der Waals surface area contributed by atoms with E-state index in [1.165, 1.54) is 6.20 Å². The number of nitrogens with zero attached hydrogens (tertiary/aromatic N) is 2. The molecule has 0 spiro atoms. The fourth-order valence-electron chi connectivity index (χ4n) is 2.97. The van der Waals surface area contributed by atoms with Gasteiger partial charge in [0.1, 0.15) is 6.29 Å². The maximum absolute atomic E-state index is 12.9. The van der Waals surface area contributed by atoms with E-state index >= 15 is 0 Å². The van der Waals surface area contributed by atoms with Gasteiger partial charge in [-0.1, -0.05) is 48.0 Å². The van der Waals surface area contributed by atoms with Crippen molar-refractivity contribution < 1.29 is 9.59 Å². The molecule has 6 heteroatoms. The molecule has 1 N–H and O–H groups in total. The Bertz CT molecular complexity index is 1090. The smallest absolute Gasteiger partial charge is 0.253 e. The number of nitrogens with one attached hydrogen (secondary N) is 1. The van der Waals surface area contributed by atoms with Crippen LogP contribution in [0.1, 0.15) is 56.1 Å². The van der Waals surface area contributed by atoms with Crippen LogP contribution in [0.3, 0.4) is 0 Å². The lowest BCUT2D eigenvalue weighted by Crippen LogP contribution is -2.28. The summed E-state index contributed by atoms with van der Waals surface area (Å²) in [5.41, 5.74) is 3.84. The molecule has 29 heavy (non-hydrogen) atoms. The van der Waals surface area contributed by atoms with Crippen molar-refractivity contribution in [1.82, 2.24) is 10.3 Å². The summed E-state index contributed by atoms with van der Waals surface area (Å²) in [5, 5.41) is 12.4. The number of aldehydes is 1. The van der Waals surface area contributed by atoms with Crippen LogP contribution < -0.4 is 5.32 Å². The zero-order valence-corrected chi connectivity index (χ0v) is 16.5. The number of nitriles is 1. The van der Waals surface area contributed by atoms with Crippen LogP contribution in [0.25, 0.3) is 0 Å². The summed E-state index contributed by atoms with van der Waals surface area (Å²) in [7, 11) is 0. The zero-order chi connectivity index (χ0) is 20.8. The molecule has 0 saturated heterocycles. The van der Waals surface area contributed by atoms with Crippen molar-refractivity contribution in [3.8, 4) is 6.07 Å². The van der Waals surface area contributed by atoms with Crippen LogP contribution in [0, 0.1) is 11.3 Å². The lowest BCUT2D eigenvalue weighted by atomic mass is 10.0. The molecule has 0 aliphatic heterocycles. The van der Waals surface area contributed by atoms with Crippen LogP contribution in [-0.4, -0.2) is 17.2 Å². The summed E-state index contributed by atoms with van der Waals surface area (Å²) < 4.78 is 0. The van der Waals surface area contributed by atoms with Crippen LogP contribution in [0.4, 0.5) is 0 Å². The molecule has 3 rings (SSSR count). The lowest BCUT2D eigenvalue weighted by molar-refractivity contribution is 0.0938. The number of aromatic nitrogens is 1. The lowest BCUT2D eigenvalue weighted by Gasteiger charge is -2.16. The molecule has 1 heterocycles. The molecule has 1 atom stereocenters. The van der Waals surface area contributed by atoms with Gasteiger partial charge in [0, 0.05) is 18.2 Å². The number of hydrogen-bond donors (Lipinski definition) is 1. The maximum atomic E-state index is 12.9. The molecule has 144 valence electrons. The summed E-state index contributed by atoms with van der Waals surface area (Å²) in [6.45, 7) is 1.86. The Morgan fingerprint density at radius 2 is 2.00 bits per heavy atom. The fourth-order valence-corrected chi connectivity index (χ4v) is 3.13. The number of carbonyl (C=O) groups excluding carboxylic acids is 2. The zero-order valence-electron chi connectivity index (χ0n) is 15.7. The van der Waals surface area contributed by atoms with Crippen molar-refractivity contribution in [1.29, 1.82) is 5.26 Å². The summed E-state index contributed by atoms with van der Waals surface area (Å²) in [6.07, 6.45) is 2.68. The quantitative estimate of drug-likeness (QED) is 0.614. The number of carbonyl (C=O) groups is 2. The Hall–Kier alpha value is -3.49. The first-order chi connectivity index (χ1) is 14.0. The van der Waals surface area contributed by atoms with Crippen LogP contribution in [0.15, 0.2) is 60.8 Å². The molecule has 0 bridgehead atoms. The number of amides is 1. The van der Waals surface area contributed by atoms with Gasteiger partial charge in [0.05, 0.1) is 34.0 Å². The Morgan fingerprint density at radius 1 is 1.24 bits per heavy atom. The molecular weight excluding hydrogens is 386 g/mol. The van der Waals surface area contributed by atoms with Crippen LogP contribution in [0.5, 0.6) is 0 Å². The Morgan fingerprint density at radius 3 is 2.69 bits per heavy atom. The first kappa shape index (κ1) is 20.2.